The molecule has 0 aliphatic heterocycles. The van der Waals surface area contributed by atoms with Gasteiger partial charge in [0.25, 0.3) is 0 Å². The maximum Gasteiger partial charge on any atom is 0.243 e. The molecule has 0 spiro atoms. The summed E-state index contributed by atoms with van der Waals surface area (Å²) in [4.78, 5) is -0.0125. The summed E-state index contributed by atoms with van der Waals surface area (Å²) in [6, 6.07) is 15.6. The molecule has 3 rings (SSSR count). The van der Waals surface area contributed by atoms with Crippen molar-refractivity contribution in [3.05, 3.63) is 78.3 Å². The van der Waals surface area contributed by atoms with E-state index in [1.807, 2.05) is 32.0 Å². The molecule has 3 aromatic rings. The fourth-order valence-electron chi connectivity index (χ4n) is 3.28. The van der Waals surface area contributed by atoms with Crippen LogP contribution in [0.3, 0.4) is 0 Å². The van der Waals surface area contributed by atoms with E-state index >= 15 is 0 Å². The van der Waals surface area contributed by atoms with Crippen molar-refractivity contribution in [1.29, 1.82) is 0 Å². The van der Waals surface area contributed by atoms with Crippen LogP contribution in [0.25, 0.3) is 0 Å². The maximum atomic E-state index is 13.6. The Kier molecular flexibility index (Phi) is 8.53. The van der Waals surface area contributed by atoms with Gasteiger partial charge < -0.3 is 9.15 Å². The summed E-state index contributed by atoms with van der Waals surface area (Å²) in [7, 11) is -7.74. The average Bonchev–Trinajstić information content (AvgIpc) is 3.33. The molecule has 0 unspecified atom stereocenters. The lowest BCUT2D eigenvalue weighted by molar-refractivity contribution is 0.321. The number of hydrogen-bond acceptors (Lipinski definition) is 6. The van der Waals surface area contributed by atoms with Gasteiger partial charge in [-0.2, -0.15) is 4.31 Å². The number of benzene rings is 2. The van der Waals surface area contributed by atoms with Crippen molar-refractivity contribution in [3.8, 4) is 5.75 Å². The third kappa shape index (κ3) is 6.26. The van der Waals surface area contributed by atoms with Crippen LogP contribution >= 0.6 is 0 Å². The number of sulfonamides is 2. The van der Waals surface area contributed by atoms with Crippen LogP contribution in [-0.2, 0) is 33.1 Å². The normalized spacial score (nSPS) is 13.2. The zero-order chi connectivity index (χ0) is 24.8. The van der Waals surface area contributed by atoms with Crippen LogP contribution in [-0.4, -0.2) is 33.8 Å². The molecular weight excluding hydrogens is 476 g/mol. The standard InChI is InChI=1S/C24H30N2O6S2/c1-4-19(3)25-33(27,28)22-12-14-23(15-13-22)34(29,30)26(18-21-10-8-16-32-21)17-20-9-6-7-11-24(20)31-5-2/h6-16,19,25H,4-5,17-18H2,1-3H3/t19-/m1/s1. The van der Waals surface area contributed by atoms with Gasteiger partial charge in [-0.25, -0.2) is 21.6 Å². The highest BCUT2D eigenvalue weighted by Crippen LogP contribution is 2.26. The molecule has 8 nitrogen and oxygen atoms in total. The van der Waals surface area contributed by atoms with E-state index in [4.69, 9.17) is 9.15 Å². The summed E-state index contributed by atoms with van der Waals surface area (Å²) in [5.74, 6) is 1.08. The largest absolute Gasteiger partial charge is 0.494 e. The van der Waals surface area contributed by atoms with E-state index in [0.717, 1.165) is 0 Å². The fraction of sp³-hybridized carbons (Fsp3) is 0.333. The van der Waals surface area contributed by atoms with Crippen LogP contribution in [0.2, 0.25) is 0 Å². The second-order valence-electron chi connectivity index (χ2n) is 7.80. The molecule has 1 heterocycles. The molecule has 2 aromatic carbocycles. The average molecular weight is 507 g/mol. The molecule has 1 N–H and O–H groups in total. The number of para-hydroxylation sites is 1. The molecule has 0 amide bonds. The van der Waals surface area contributed by atoms with Gasteiger partial charge in [0.05, 0.1) is 29.2 Å². The summed E-state index contributed by atoms with van der Waals surface area (Å²) in [5.41, 5.74) is 0.705. The Morgan fingerprint density at radius 3 is 2.21 bits per heavy atom. The van der Waals surface area contributed by atoms with Gasteiger partial charge in [0.2, 0.25) is 20.0 Å². The smallest absolute Gasteiger partial charge is 0.243 e. The number of ether oxygens (including phenoxy) is 1. The third-order valence-corrected chi connectivity index (χ3v) is 8.68. The maximum absolute atomic E-state index is 13.6. The van der Waals surface area contributed by atoms with Gasteiger partial charge >= 0.3 is 0 Å². The quantitative estimate of drug-likeness (QED) is 0.396. The Morgan fingerprint density at radius 2 is 1.59 bits per heavy atom. The second kappa shape index (κ2) is 11.2. The lowest BCUT2D eigenvalue weighted by atomic mass is 10.2. The number of nitrogens with one attached hydrogen (secondary N) is 1. The highest BCUT2D eigenvalue weighted by atomic mass is 32.2. The van der Waals surface area contributed by atoms with Gasteiger partial charge in [-0.3, -0.25) is 0 Å². The van der Waals surface area contributed by atoms with E-state index in [0.29, 0.717) is 30.1 Å². The van der Waals surface area contributed by atoms with Crippen LogP contribution in [0.4, 0.5) is 0 Å². The highest BCUT2D eigenvalue weighted by molar-refractivity contribution is 7.89. The SMILES string of the molecule is CCOc1ccccc1CN(Cc1ccco1)S(=O)(=O)c1ccc(S(=O)(=O)N[C@H](C)CC)cc1. The number of hydrogen-bond donors (Lipinski definition) is 1. The second-order valence-corrected chi connectivity index (χ2v) is 11.4. The van der Waals surface area contributed by atoms with Crippen molar-refractivity contribution in [1.82, 2.24) is 9.03 Å². The number of nitrogens with zero attached hydrogens (tertiary/aromatic N) is 1. The van der Waals surface area contributed by atoms with Crippen LogP contribution in [0.1, 0.15) is 38.5 Å². The lowest BCUT2D eigenvalue weighted by Crippen LogP contribution is -2.32. The van der Waals surface area contributed by atoms with Gasteiger partial charge in [0, 0.05) is 18.2 Å². The van der Waals surface area contributed by atoms with E-state index in [1.54, 1.807) is 25.1 Å². The zero-order valence-corrected chi connectivity index (χ0v) is 21.1. The van der Waals surface area contributed by atoms with Crippen molar-refractivity contribution in [2.45, 2.75) is 56.1 Å². The van der Waals surface area contributed by atoms with Crippen molar-refractivity contribution >= 4 is 20.0 Å². The Hall–Kier alpha value is -2.66. The summed E-state index contributed by atoms with van der Waals surface area (Å²) in [6.07, 6.45) is 2.12. The predicted octanol–water partition coefficient (Wildman–Crippen LogP) is 4.15. The van der Waals surface area contributed by atoms with Crippen LogP contribution < -0.4 is 9.46 Å². The molecule has 184 valence electrons. The Labute approximate surface area is 201 Å². The molecular formula is C24H30N2O6S2. The fourth-order valence-corrected chi connectivity index (χ4v) is 5.99. The first-order valence-corrected chi connectivity index (χ1v) is 13.9. The van der Waals surface area contributed by atoms with Crippen LogP contribution in [0, 0.1) is 0 Å². The van der Waals surface area contributed by atoms with Crippen molar-refractivity contribution < 1.29 is 26.0 Å². The van der Waals surface area contributed by atoms with E-state index in [-0.39, 0.29) is 28.9 Å². The molecule has 1 atom stereocenters. The van der Waals surface area contributed by atoms with Gasteiger partial charge in [0.15, 0.2) is 0 Å². The molecule has 0 radical (unpaired) electrons. The number of rotatable bonds is 12. The molecule has 10 heteroatoms. The summed E-state index contributed by atoms with van der Waals surface area (Å²) in [5, 5.41) is 0. The first-order valence-electron chi connectivity index (χ1n) is 11.0. The first kappa shape index (κ1) is 26.0. The first-order chi connectivity index (χ1) is 16.2. The third-order valence-electron chi connectivity index (χ3n) is 5.27. The highest BCUT2D eigenvalue weighted by Gasteiger charge is 2.27. The van der Waals surface area contributed by atoms with Crippen molar-refractivity contribution in [2.75, 3.05) is 6.61 Å². The lowest BCUT2D eigenvalue weighted by Gasteiger charge is -2.23. The van der Waals surface area contributed by atoms with E-state index < -0.39 is 20.0 Å². The molecule has 0 aliphatic rings. The monoisotopic (exact) mass is 506 g/mol. The van der Waals surface area contributed by atoms with Crippen LogP contribution in [0.5, 0.6) is 5.75 Å². The van der Waals surface area contributed by atoms with Crippen LogP contribution in [0.15, 0.2) is 81.1 Å². The van der Waals surface area contributed by atoms with Crippen molar-refractivity contribution in [2.24, 2.45) is 0 Å². The molecule has 0 bridgehead atoms. The minimum atomic E-state index is -3.99. The van der Waals surface area contributed by atoms with Gasteiger partial charge in [-0.15, -0.1) is 0 Å². The Balaban J connectivity index is 1.94. The molecule has 0 saturated heterocycles. The van der Waals surface area contributed by atoms with Gasteiger partial charge in [-0.1, -0.05) is 25.1 Å². The zero-order valence-electron chi connectivity index (χ0n) is 19.5. The Morgan fingerprint density at radius 1 is 0.912 bits per heavy atom. The minimum Gasteiger partial charge on any atom is -0.494 e. The summed E-state index contributed by atoms with van der Waals surface area (Å²) < 4.78 is 67.2. The summed E-state index contributed by atoms with van der Waals surface area (Å²) >= 11 is 0. The van der Waals surface area contributed by atoms with Gasteiger partial charge in [-0.05, 0) is 62.7 Å². The number of furan rings is 1. The molecule has 1 aromatic heterocycles. The van der Waals surface area contributed by atoms with Gasteiger partial charge in [0.1, 0.15) is 11.5 Å². The minimum absolute atomic E-state index is 0.00537. The van der Waals surface area contributed by atoms with E-state index in [1.165, 1.54) is 34.8 Å². The molecule has 0 aliphatic carbocycles. The van der Waals surface area contributed by atoms with Crippen molar-refractivity contribution in [3.63, 3.8) is 0 Å². The molecule has 0 fully saturated rings. The summed E-state index contributed by atoms with van der Waals surface area (Å²) in [6.45, 7) is 6.01. The molecule has 0 saturated carbocycles. The predicted molar refractivity (Wildman–Crippen MR) is 129 cm³/mol. The molecule has 34 heavy (non-hydrogen) atoms. The van der Waals surface area contributed by atoms with E-state index in [2.05, 4.69) is 4.72 Å². The topological polar surface area (TPSA) is 106 Å². The van der Waals surface area contributed by atoms with E-state index in [9.17, 15) is 16.8 Å². The Bertz CT molecular complexity index is 1270.